The average molecular weight is 384 g/mol. The van der Waals surface area contributed by atoms with Gasteiger partial charge in [-0.15, -0.1) is 0 Å². The van der Waals surface area contributed by atoms with E-state index in [-0.39, 0.29) is 6.04 Å². The van der Waals surface area contributed by atoms with E-state index in [1.165, 1.54) is 18.9 Å². The van der Waals surface area contributed by atoms with Crippen molar-refractivity contribution >= 4 is 22.9 Å². The molecule has 0 aliphatic rings. The summed E-state index contributed by atoms with van der Waals surface area (Å²) in [5.41, 5.74) is 2.31. The molecular formula is C20H24N4O4. The van der Waals surface area contributed by atoms with E-state index in [0.717, 1.165) is 11.3 Å². The lowest BCUT2D eigenvalue weighted by atomic mass is 10.1. The Balaban J connectivity index is 2.25. The summed E-state index contributed by atoms with van der Waals surface area (Å²) in [6.45, 7) is 9.12. The van der Waals surface area contributed by atoms with Crippen LogP contribution in [0.4, 0.5) is 0 Å². The maximum Gasteiger partial charge on any atom is 0.326 e. The van der Waals surface area contributed by atoms with Gasteiger partial charge >= 0.3 is 5.97 Å². The first kappa shape index (κ1) is 19.6. The SMILES string of the molecule is Cc1cc(-c2cc(C(=O)N(C)C(C)C(=O)O)c3cnn(C(C)C)c3n2)c(C)o1. The first-order valence-corrected chi connectivity index (χ1v) is 9.07. The minimum atomic E-state index is -1.07. The molecule has 3 heterocycles. The average Bonchev–Trinajstić information content (AvgIpc) is 3.21. The smallest absolute Gasteiger partial charge is 0.326 e. The number of likely N-dealkylation sites (N-methyl/N-ethyl adjacent to an activating group) is 1. The molecular weight excluding hydrogens is 360 g/mol. The zero-order chi connectivity index (χ0) is 20.7. The molecule has 3 aromatic rings. The Labute approximate surface area is 162 Å². The van der Waals surface area contributed by atoms with Gasteiger partial charge in [0.2, 0.25) is 0 Å². The number of rotatable bonds is 5. The number of fused-ring (bicyclic) bond motifs is 1. The number of carboxylic acid groups (broad SMARTS) is 1. The number of amides is 1. The van der Waals surface area contributed by atoms with Crippen molar-refractivity contribution < 1.29 is 19.1 Å². The summed E-state index contributed by atoms with van der Waals surface area (Å²) >= 11 is 0. The third-order valence-corrected chi connectivity index (χ3v) is 4.86. The number of furan rings is 1. The van der Waals surface area contributed by atoms with Crippen molar-refractivity contribution in [3.05, 3.63) is 35.4 Å². The monoisotopic (exact) mass is 384 g/mol. The van der Waals surface area contributed by atoms with E-state index < -0.39 is 17.9 Å². The highest BCUT2D eigenvalue weighted by molar-refractivity contribution is 6.07. The van der Waals surface area contributed by atoms with Gasteiger partial charge in [-0.2, -0.15) is 5.10 Å². The molecule has 0 saturated carbocycles. The van der Waals surface area contributed by atoms with Gasteiger partial charge in [-0.25, -0.2) is 14.5 Å². The largest absolute Gasteiger partial charge is 0.480 e. The Kier molecular flexibility index (Phi) is 4.97. The molecule has 0 spiro atoms. The first-order valence-electron chi connectivity index (χ1n) is 9.07. The minimum absolute atomic E-state index is 0.0473. The van der Waals surface area contributed by atoms with Crippen molar-refractivity contribution in [3.8, 4) is 11.3 Å². The van der Waals surface area contributed by atoms with Gasteiger partial charge in [0.1, 0.15) is 17.6 Å². The Hall–Kier alpha value is -3.16. The highest BCUT2D eigenvalue weighted by atomic mass is 16.4. The number of hydrogen-bond acceptors (Lipinski definition) is 5. The number of aliphatic carboxylic acids is 1. The zero-order valence-corrected chi connectivity index (χ0v) is 16.8. The second-order valence-electron chi connectivity index (χ2n) is 7.23. The third-order valence-electron chi connectivity index (χ3n) is 4.86. The third kappa shape index (κ3) is 3.26. The van der Waals surface area contributed by atoms with Crippen LogP contribution in [-0.4, -0.2) is 49.7 Å². The maximum absolute atomic E-state index is 13.1. The van der Waals surface area contributed by atoms with Crippen LogP contribution in [0, 0.1) is 13.8 Å². The minimum Gasteiger partial charge on any atom is -0.480 e. The number of pyridine rings is 1. The fraction of sp³-hybridized carbons (Fsp3) is 0.400. The van der Waals surface area contributed by atoms with Crippen molar-refractivity contribution in [1.29, 1.82) is 0 Å². The Morgan fingerprint density at radius 2 is 1.89 bits per heavy atom. The van der Waals surface area contributed by atoms with Crippen molar-refractivity contribution in [2.75, 3.05) is 7.05 Å². The lowest BCUT2D eigenvalue weighted by Crippen LogP contribution is -2.40. The molecule has 148 valence electrons. The van der Waals surface area contributed by atoms with Crippen LogP contribution in [-0.2, 0) is 4.79 Å². The number of hydrogen-bond donors (Lipinski definition) is 1. The standard InChI is InChI=1S/C20H24N4O4/c1-10(2)24-18-16(9-21-24)15(19(25)23(6)12(4)20(26)27)8-17(22-18)14-7-11(3)28-13(14)5/h7-10,12H,1-6H3,(H,26,27). The fourth-order valence-corrected chi connectivity index (χ4v) is 3.13. The molecule has 0 fully saturated rings. The van der Waals surface area contributed by atoms with Crippen molar-refractivity contribution in [1.82, 2.24) is 19.7 Å². The number of carbonyl (C=O) groups is 2. The molecule has 8 nitrogen and oxygen atoms in total. The van der Waals surface area contributed by atoms with Crippen LogP contribution in [0.25, 0.3) is 22.3 Å². The van der Waals surface area contributed by atoms with E-state index in [9.17, 15) is 14.7 Å². The van der Waals surface area contributed by atoms with Gasteiger partial charge in [0.15, 0.2) is 5.65 Å². The molecule has 1 N–H and O–H groups in total. The predicted octanol–water partition coefficient (Wildman–Crippen LogP) is 3.43. The van der Waals surface area contributed by atoms with Gasteiger partial charge < -0.3 is 14.4 Å². The fourth-order valence-electron chi connectivity index (χ4n) is 3.13. The summed E-state index contributed by atoms with van der Waals surface area (Å²) in [5.74, 6) is -0.0212. The predicted molar refractivity (Wildman–Crippen MR) is 104 cm³/mol. The van der Waals surface area contributed by atoms with Gasteiger partial charge in [0, 0.05) is 18.7 Å². The number of aryl methyl sites for hydroxylation is 2. The van der Waals surface area contributed by atoms with Gasteiger partial charge in [0.25, 0.3) is 5.91 Å². The first-order chi connectivity index (χ1) is 13.1. The molecule has 0 radical (unpaired) electrons. The van der Waals surface area contributed by atoms with Crippen LogP contribution in [0.1, 0.15) is 48.7 Å². The Morgan fingerprint density at radius 3 is 2.43 bits per heavy atom. The molecule has 1 amide bonds. The molecule has 28 heavy (non-hydrogen) atoms. The molecule has 0 aliphatic carbocycles. The number of nitrogens with zero attached hydrogens (tertiary/aromatic N) is 4. The van der Waals surface area contributed by atoms with Crippen molar-refractivity contribution in [2.45, 2.75) is 46.7 Å². The lowest BCUT2D eigenvalue weighted by Gasteiger charge is -2.22. The second-order valence-corrected chi connectivity index (χ2v) is 7.23. The van der Waals surface area contributed by atoms with Gasteiger partial charge in [0.05, 0.1) is 22.8 Å². The van der Waals surface area contributed by atoms with Crippen molar-refractivity contribution in [2.24, 2.45) is 0 Å². The van der Waals surface area contributed by atoms with Gasteiger partial charge in [-0.3, -0.25) is 4.79 Å². The summed E-state index contributed by atoms with van der Waals surface area (Å²) in [6, 6.07) is 2.64. The molecule has 1 unspecified atom stereocenters. The summed E-state index contributed by atoms with van der Waals surface area (Å²) in [7, 11) is 1.48. The van der Waals surface area contributed by atoms with Crippen LogP contribution >= 0.6 is 0 Å². The van der Waals surface area contributed by atoms with Crippen LogP contribution in [0.15, 0.2) is 22.7 Å². The molecule has 0 saturated heterocycles. The van der Waals surface area contributed by atoms with Crippen LogP contribution in [0.5, 0.6) is 0 Å². The quantitative estimate of drug-likeness (QED) is 0.723. The second kappa shape index (κ2) is 7.10. The lowest BCUT2D eigenvalue weighted by molar-refractivity contribution is -0.141. The van der Waals surface area contributed by atoms with E-state index in [4.69, 9.17) is 9.40 Å². The van der Waals surface area contributed by atoms with E-state index in [1.807, 2.05) is 33.8 Å². The normalized spacial score (nSPS) is 12.5. The molecule has 0 aromatic carbocycles. The molecule has 3 rings (SSSR count). The Morgan fingerprint density at radius 1 is 1.21 bits per heavy atom. The summed E-state index contributed by atoms with van der Waals surface area (Å²) < 4.78 is 7.37. The summed E-state index contributed by atoms with van der Waals surface area (Å²) in [6.07, 6.45) is 1.60. The molecule has 8 heteroatoms. The highest BCUT2D eigenvalue weighted by Gasteiger charge is 2.27. The number of carbonyl (C=O) groups excluding carboxylic acids is 1. The van der Waals surface area contributed by atoms with Crippen LogP contribution in [0.3, 0.4) is 0 Å². The summed E-state index contributed by atoms with van der Waals surface area (Å²) in [4.78, 5) is 30.4. The molecule has 3 aromatic heterocycles. The highest BCUT2D eigenvalue weighted by Crippen LogP contribution is 2.30. The van der Waals surface area contributed by atoms with E-state index in [1.54, 1.807) is 16.9 Å². The van der Waals surface area contributed by atoms with Crippen LogP contribution < -0.4 is 0 Å². The molecule has 0 bridgehead atoms. The van der Waals surface area contributed by atoms with Gasteiger partial charge in [-0.1, -0.05) is 0 Å². The zero-order valence-electron chi connectivity index (χ0n) is 16.8. The van der Waals surface area contributed by atoms with Crippen molar-refractivity contribution in [3.63, 3.8) is 0 Å². The van der Waals surface area contributed by atoms with Crippen LogP contribution in [0.2, 0.25) is 0 Å². The number of aromatic nitrogens is 3. The Bertz CT molecular complexity index is 1060. The molecule has 1 atom stereocenters. The van der Waals surface area contributed by atoms with E-state index >= 15 is 0 Å². The van der Waals surface area contributed by atoms with E-state index in [0.29, 0.717) is 28.1 Å². The number of carboxylic acids is 1. The molecule has 0 aliphatic heterocycles. The topological polar surface area (TPSA) is 101 Å². The summed E-state index contributed by atoms with van der Waals surface area (Å²) in [5, 5.41) is 14.2. The maximum atomic E-state index is 13.1. The van der Waals surface area contributed by atoms with E-state index in [2.05, 4.69) is 5.10 Å². The van der Waals surface area contributed by atoms with Gasteiger partial charge in [-0.05, 0) is 46.8 Å².